The highest BCUT2D eigenvalue weighted by atomic mass is 16.1. The van der Waals surface area contributed by atoms with Crippen molar-refractivity contribution in [3.05, 3.63) is 0 Å². The number of carbonyl (C=O) groups is 1. The molecule has 134 valence electrons. The highest BCUT2D eigenvalue weighted by molar-refractivity contribution is 5.76. The van der Waals surface area contributed by atoms with Crippen LogP contribution in [0.15, 0.2) is 0 Å². The summed E-state index contributed by atoms with van der Waals surface area (Å²) >= 11 is 0. The van der Waals surface area contributed by atoms with Gasteiger partial charge in [0.2, 0.25) is 5.91 Å². The van der Waals surface area contributed by atoms with Gasteiger partial charge in [0.05, 0.1) is 5.92 Å². The van der Waals surface area contributed by atoms with Gasteiger partial charge in [0.25, 0.3) is 0 Å². The maximum atomic E-state index is 11.5. The predicted octanol–water partition coefficient (Wildman–Crippen LogP) is 1.55. The SMILES string of the molecule is CC(CCC(C)(C)N1CCCC(N)C1)N1CCCC(C(N)=O)C1. The van der Waals surface area contributed by atoms with Gasteiger partial charge in [0.1, 0.15) is 0 Å². The number of nitrogens with two attached hydrogens (primary N) is 2. The molecule has 2 saturated heterocycles. The van der Waals surface area contributed by atoms with E-state index in [2.05, 4.69) is 30.6 Å². The number of rotatable bonds is 6. The van der Waals surface area contributed by atoms with Gasteiger partial charge >= 0.3 is 0 Å². The van der Waals surface area contributed by atoms with Crippen LogP contribution in [-0.2, 0) is 4.79 Å². The lowest BCUT2D eigenvalue weighted by molar-refractivity contribution is -0.123. The summed E-state index contributed by atoms with van der Waals surface area (Å²) in [5, 5.41) is 0. The lowest BCUT2D eigenvalue weighted by Gasteiger charge is -2.44. The van der Waals surface area contributed by atoms with Crippen molar-refractivity contribution in [1.29, 1.82) is 0 Å². The minimum Gasteiger partial charge on any atom is -0.369 e. The van der Waals surface area contributed by atoms with Gasteiger partial charge in [-0.2, -0.15) is 0 Å². The molecular weight excluding hydrogens is 288 g/mol. The van der Waals surface area contributed by atoms with E-state index in [1.165, 1.54) is 19.4 Å². The van der Waals surface area contributed by atoms with Gasteiger partial charge in [-0.05, 0) is 72.4 Å². The molecule has 2 aliphatic rings. The summed E-state index contributed by atoms with van der Waals surface area (Å²) in [5.41, 5.74) is 11.8. The molecule has 3 atom stereocenters. The summed E-state index contributed by atoms with van der Waals surface area (Å²) in [6.07, 6.45) is 6.73. The number of hydrogen-bond donors (Lipinski definition) is 2. The summed E-state index contributed by atoms with van der Waals surface area (Å²) in [4.78, 5) is 16.5. The van der Waals surface area contributed by atoms with Crippen LogP contribution in [0, 0.1) is 5.92 Å². The Morgan fingerprint density at radius 3 is 2.57 bits per heavy atom. The second-order valence-corrected chi connectivity index (χ2v) is 8.28. The third kappa shape index (κ3) is 5.16. The van der Waals surface area contributed by atoms with E-state index in [9.17, 15) is 4.79 Å². The number of primary amides is 1. The van der Waals surface area contributed by atoms with Crippen molar-refractivity contribution in [1.82, 2.24) is 9.80 Å². The number of carbonyl (C=O) groups excluding carboxylic acids is 1. The molecule has 3 unspecified atom stereocenters. The fourth-order valence-corrected chi connectivity index (χ4v) is 4.10. The van der Waals surface area contributed by atoms with Gasteiger partial charge in [-0.25, -0.2) is 0 Å². The highest BCUT2D eigenvalue weighted by Crippen LogP contribution is 2.27. The molecule has 2 rings (SSSR count). The summed E-state index contributed by atoms with van der Waals surface area (Å²) in [6.45, 7) is 11.1. The second kappa shape index (κ2) is 7.95. The number of piperidine rings is 2. The first kappa shape index (κ1) is 18.7. The van der Waals surface area contributed by atoms with E-state index < -0.39 is 0 Å². The maximum absolute atomic E-state index is 11.5. The van der Waals surface area contributed by atoms with E-state index in [1.54, 1.807) is 0 Å². The van der Waals surface area contributed by atoms with E-state index in [0.29, 0.717) is 12.1 Å². The monoisotopic (exact) mass is 324 g/mol. The van der Waals surface area contributed by atoms with Crippen molar-refractivity contribution in [2.75, 3.05) is 26.2 Å². The molecule has 0 radical (unpaired) electrons. The molecule has 5 heteroatoms. The molecule has 0 aliphatic carbocycles. The van der Waals surface area contributed by atoms with Crippen molar-refractivity contribution in [2.24, 2.45) is 17.4 Å². The molecule has 0 spiro atoms. The fraction of sp³-hybridized carbons (Fsp3) is 0.944. The van der Waals surface area contributed by atoms with E-state index in [0.717, 1.165) is 45.3 Å². The zero-order valence-electron chi connectivity index (χ0n) is 15.3. The Morgan fingerprint density at radius 1 is 1.22 bits per heavy atom. The quantitative estimate of drug-likeness (QED) is 0.777. The zero-order chi connectivity index (χ0) is 17.0. The molecular formula is C18H36N4O. The Balaban J connectivity index is 1.82. The Labute approximate surface area is 141 Å². The molecule has 2 aliphatic heterocycles. The third-order valence-electron chi connectivity index (χ3n) is 5.97. The van der Waals surface area contributed by atoms with Crippen LogP contribution < -0.4 is 11.5 Å². The van der Waals surface area contributed by atoms with Crippen LogP contribution in [0.25, 0.3) is 0 Å². The van der Waals surface area contributed by atoms with Crippen molar-refractivity contribution < 1.29 is 4.79 Å². The third-order valence-corrected chi connectivity index (χ3v) is 5.97. The molecule has 2 fully saturated rings. The highest BCUT2D eigenvalue weighted by Gasteiger charge is 2.32. The Morgan fingerprint density at radius 2 is 1.91 bits per heavy atom. The van der Waals surface area contributed by atoms with Gasteiger partial charge in [0, 0.05) is 30.7 Å². The number of nitrogens with zero attached hydrogens (tertiary/aromatic N) is 2. The van der Waals surface area contributed by atoms with Crippen LogP contribution in [0.1, 0.15) is 59.3 Å². The average Bonchev–Trinajstić information content (AvgIpc) is 2.53. The van der Waals surface area contributed by atoms with E-state index in [1.807, 2.05) is 0 Å². The molecule has 0 aromatic rings. The second-order valence-electron chi connectivity index (χ2n) is 8.28. The Hall–Kier alpha value is -0.650. The topological polar surface area (TPSA) is 75.6 Å². The lowest BCUT2D eigenvalue weighted by Crippen LogP contribution is -2.53. The number of likely N-dealkylation sites (tertiary alicyclic amines) is 2. The maximum Gasteiger partial charge on any atom is 0.221 e. The molecule has 23 heavy (non-hydrogen) atoms. The lowest BCUT2D eigenvalue weighted by atomic mass is 9.89. The van der Waals surface area contributed by atoms with Crippen LogP contribution >= 0.6 is 0 Å². The van der Waals surface area contributed by atoms with Crippen molar-refractivity contribution in [3.63, 3.8) is 0 Å². The van der Waals surface area contributed by atoms with Crippen LogP contribution in [0.5, 0.6) is 0 Å². The molecule has 0 saturated carbocycles. The summed E-state index contributed by atoms with van der Waals surface area (Å²) < 4.78 is 0. The van der Waals surface area contributed by atoms with E-state index >= 15 is 0 Å². The molecule has 5 nitrogen and oxygen atoms in total. The zero-order valence-corrected chi connectivity index (χ0v) is 15.3. The predicted molar refractivity (Wildman–Crippen MR) is 95.0 cm³/mol. The smallest absolute Gasteiger partial charge is 0.221 e. The van der Waals surface area contributed by atoms with Gasteiger partial charge in [0.15, 0.2) is 0 Å². The normalized spacial score (nSPS) is 29.4. The number of amides is 1. The summed E-state index contributed by atoms with van der Waals surface area (Å²) in [7, 11) is 0. The Kier molecular flexibility index (Phi) is 6.46. The standard InChI is InChI=1S/C18H36N4O/c1-14(21-10-4-6-15(12-21)17(20)23)8-9-18(2,3)22-11-5-7-16(19)13-22/h14-16H,4-13,19H2,1-3H3,(H2,20,23). The van der Waals surface area contributed by atoms with Crippen molar-refractivity contribution in [2.45, 2.75) is 76.9 Å². The first-order chi connectivity index (χ1) is 10.8. The van der Waals surface area contributed by atoms with Crippen LogP contribution in [-0.4, -0.2) is 59.5 Å². The molecule has 4 N–H and O–H groups in total. The van der Waals surface area contributed by atoms with E-state index in [-0.39, 0.29) is 17.4 Å². The first-order valence-electron chi connectivity index (χ1n) is 9.33. The van der Waals surface area contributed by atoms with Crippen LogP contribution in [0.3, 0.4) is 0 Å². The van der Waals surface area contributed by atoms with Crippen molar-refractivity contribution >= 4 is 5.91 Å². The Bertz CT molecular complexity index is 398. The van der Waals surface area contributed by atoms with Crippen LogP contribution in [0.4, 0.5) is 0 Å². The molecule has 0 aromatic heterocycles. The molecule has 1 amide bonds. The van der Waals surface area contributed by atoms with Crippen molar-refractivity contribution in [3.8, 4) is 0 Å². The molecule has 2 heterocycles. The molecule has 0 aromatic carbocycles. The summed E-state index contributed by atoms with van der Waals surface area (Å²) in [5.74, 6) is -0.0937. The van der Waals surface area contributed by atoms with Gasteiger partial charge in [-0.3, -0.25) is 14.6 Å². The minimum atomic E-state index is -0.135. The minimum absolute atomic E-state index is 0.0410. The number of hydrogen-bond acceptors (Lipinski definition) is 4. The first-order valence-corrected chi connectivity index (χ1v) is 9.33. The van der Waals surface area contributed by atoms with Gasteiger partial charge in [-0.1, -0.05) is 0 Å². The largest absolute Gasteiger partial charge is 0.369 e. The van der Waals surface area contributed by atoms with Crippen LogP contribution in [0.2, 0.25) is 0 Å². The fourth-order valence-electron chi connectivity index (χ4n) is 4.10. The molecule has 0 bridgehead atoms. The van der Waals surface area contributed by atoms with E-state index in [4.69, 9.17) is 11.5 Å². The van der Waals surface area contributed by atoms with Gasteiger partial charge in [-0.15, -0.1) is 0 Å². The average molecular weight is 325 g/mol. The summed E-state index contributed by atoms with van der Waals surface area (Å²) in [6, 6.07) is 0.841. The van der Waals surface area contributed by atoms with Gasteiger partial charge < -0.3 is 11.5 Å².